The molecule has 4 heterocycles. The number of pyridine rings is 1. The summed E-state index contributed by atoms with van der Waals surface area (Å²) in [5.41, 5.74) is 3.20. The molecule has 0 aromatic carbocycles. The third-order valence-corrected chi connectivity index (χ3v) is 4.19. The van der Waals surface area contributed by atoms with E-state index in [-0.39, 0.29) is 5.91 Å². The molecule has 0 saturated carbocycles. The number of nitrogens with one attached hydrogen (secondary N) is 1. The van der Waals surface area contributed by atoms with Crippen LogP contribution in [0.25, 0.3) is 22.3 Å². The van der Waals surface area contributed by atoms with E-state index in [0.29, 0.717) is 32.0 Å². The minimum absolute atomic E-state index is 0.0265. The van der Waals surface area contributed by atoms with Crippen molar-refractivity contribution in [2.45, 2.75) is 0 Å². The van der Waals surface area contributed by atoms with E-state index in [9.17, 15) is 4.79 Å². The number of hydrogen-bond acceptors (Lipinski definition) is 4. The van der Waals surface area contributed by atoms with Gasteiger partial charge < -0.3 is 14.2 Å². The fraction of sp³-hybridized carbons (Fsp3) is 0.312. The Balaban J connectivity index is 1.74. The zero-order valence-electron chi connectivity index (χ0n) is 12.8. The van der Waals surface area contributed by atoms with Crippen LogP contribution in [0.5, 0.6) is 0 Å². The highest BCUT2D eigenvalue weighted by Gasteiger charge is 2.22. The minimum atomic E-state index is 0.0265. The summed E-state index contributed by atoms with van der Waals surface area (Å²) in [7, 11) is 1.88. The number of H-pyrrole nitrogens is 1. The molecule has 1 aliphatic heterocycles. The largest absolute Gasteiger partial charge is 0.378 e. The molecule has 1 saturated heterocycles. The van der Waals surface area contributed by atoms with Crippen molar-refractivity contribution in [1.82, 2.24) is 24.6 Å². The molecule has 0 radical (unpaired) electrons. The van der Waals surface area contributed by atoms with Crippen LogP contribution in [0.1, 0.15) is 10.5 Å². The van der Waals surface area contributed by atoms with Crippen molar-refractivity contribution in [3.8, 4) is 11.3 Å². The number of rotatable bonds is 2. The molecule has 1 aliphatic rings. The first-order valence-electron chi connectivity index (χ1n) is 7.57. The van der Waals surface area contributed by atoms with Gasteiger partial charge in [-0.3, -0.25) is 9.89 Å². The molecule has 0 bridgehead atoms. The molecular weight excluding hydrogens is 294 g/mol. The van der Waals surface area contributed by atoms with Crippen LogP contribution < -0.4 is 0 Å². The van der Waals surface area contributed by atoms with Crippen LogP contribution in [0.4, 0.5) is 0 Å². The maximum Gasteiger partial charge on any atom is 0.270 e. The predicted octanol–water partition coefficient (Wildman–Crippen LogP) is 1.44. The number of hydrogen-bond donors (Lipinski definition) is 1. The van der Waals surface area contributed by atoms with Gasteiger partial charge in [-0.2, -0.15) is 5.10 Å². The van der Waals surface area contributed by atoms with Crippen LogP contribution >= 0.6 is 0 Å². The molecule has 23 heavy (non-hydrogen) atoms. The SMILES string of the molecule is Cn1c(C(=O)N2CCOCC2)cc2ccc(-c3cn[nH]c3)nc21. The monoisotopic (exact) mass is 311 g/mol. The van der Waals surface area contributed by atoms with Gasteiger partial charge in [0.1, 0.15) is 11.3 Å². The van der Waals surface area contributed by atoms with Crippen LogP contribution in [0.3, 0.4) is 0 Å². The Hall–Kier alpha value is -2.67. The molecular formula is C16H17N5O2. The maximum atomic E-state index is 12.7. The second-order valence-electron chi connectivity index (χ2n) is 5.59. The predicted molar refractivity (Wildman–Crippen MR) is 85.0 cm³/mol. The molecule has 1 amide bonds. The highest BCUT2D eigenvalue weighted by Crippen LogP contribution is 2.23. The highest BCUT2D eigenvalue weighted by molar-refractivity contribution is 5.98. The average molecular weight is 311 g/mol. The molecule has 3 aromatic heterocycles. The molecule has 0 unspecified atom stereocenters. The minimum Gasteiger partial charge on any atom is -0.378 e. The molecule has 0 spiro atoms. The molecule has 118 valence electrons. The smallest absolute Gasteiger partial charge is 0.270 e. The van der Waals surface area contributed by atoms with Crippen molar-refractivity contribution in [3.05, 3.63) is 36.3 Å². The highest BCUT2D eigenvalue weighted by atomic mass is 16.5. The molecule has 0 aliphatic carbocycles. The van der Waals surface area contributed by atoms with E-state index in [0.717, 1.165) is 22.3 Å². The number of aromatic nitrogens is 4. The summed E-state index contributed by atoms with van der Waals surface area (Å²) in [4.78, 5) is 19.2. The number of aromatic amines is 1. The second kappa shape index (κ2) is 5.51. The van der Waals surface area contributed by atoms with Gasteiger partial charge in [0.2, 0.25) is 0 Å². The number of aryl methyl sites for hydroxylation is 1. The fourth-order valence-corrected chi connectivity index (χ4v) is 2.88. The molecule has 7 heteroatoms. The van der Waals surface area contributed by atoms with Gasteiger partial charge in [0, 0.05) is 37.3 Å². The maximum absolute atomic E-state index is 12.7. The lowest BCUT2D eigenvalue weighted by Gasteiger charge is -2.26. The Morgan fingerprint density at radius 3 is 2.87 bits per heavy atom. The third-order valence-electron chi connectivity index (χ3n) is 4.19. The first kappa shape index (κ1) is 14.0. The first-order chi connectivity index (χ1) is 11.2. The van der Waals surface area contributed by atoms with Gasteiger partial charge in [-0.05, 0) is 18.2 Å². The van der Waals surface area contributed by atoms with Gasteiger partial charge in [-0.25, -0.2) is 4.98 Å². The molecule has 7 nitrogen and oxygen atoms in total. The van der Waals surface area contributed by atoms with Gasteiger partial charge >= 0.3 is 0 Å². The van der Waals surface area contributed by atoms with Crippen molar-refractivity contribution in [1.29, 1.82) is 0 Å². The van der Waals surface area contributed by atoms with E-state index in [4.69, 9.17) is 4.74 Å². The lowest BCUT2D eigenvalue weighted by Crippen LogP contribution is -2.41. The van der Waals surface area contributed by atoms with Crippen molar-refractivity contribution in [2.24, 2.45) is 7.05 Å². The van der Waals surface area contributed by atoms with E-state index >= 15 is 0 Å². The van der Waals surface area contributed by atoms with E-state index in [1.807, 2.05) is 34.7 Å². The van der Waals surface area contributed by atoms with E-state index in [1.165, 1.54) is 0 Å². The average Bonchev–Trinajstić information content (AvgIpc) is 3.23. The van der Waals surface area contributed by atoms with Crippen molar-refractivity contribution in [3.63, 3.8) is 0 Å². The Bertz CT molecular complexity index is 847. The Morgan fingerprint density at radius 1 is 1.30 bits per heavy atom. The summed E-state index contributed by atoms with van der Waals surface area (Å²) >= 11 is 0. The van der Waals surface area contributed by atoms with Gasteiger partial charge in [-0.1, -0.05) is 0 Å². The zero-order valence-corrected chi connectivity index (χ0v) is 12.8. The van der Waals surface area contributed by atoms with Gasteiger partial charge in [-0.15, -0.1) is 0 Å². The van der Waals surface area contributed by atoms with Crippen LogP contribution in [-0.4, -0.2) is 56.9 Å². The van der Waals surface area contributed by atoms with Gasteiger partial charge in [0.25, 0.3) is 5.91 Å². The Labute approximate surface area is 132 Å². The topological polar surface area (TPSA) is 76.0 Å². The van der Waals surface area contributed by atoms with Gasteiger partial charge in [0.15, 0.2) is 0 Å². The number of ether oxygens (including phenoxy) is 1. The quantitative estimate of drug-likeness (QED) is 0.777. The lowest BCUT2D eigenvalue weighted by molar-refractivity contribution is 0.0297. The summed E-state index contributed by atoms with van der Waals surface area (Å²) < 4.78 is 7.17. The van der Waals surface area contributed by atoms with Crippen molar-refractivity contribution in [2.75, 3.05) is 26.3 Å². The zero-order chi connectivity index (χ0) is 15.8. The van der Waals surface area contributed by atoms with Crippen molar-refractivity contribution < 1.29 is 9.53 Å². The third kappa shape index (κ3) is 2.39. The normalized spacial score (nSPS) is 15.3. The number of morpholine rings is 1. The number of amides is 1. The number of carbonyl (C=O) groups excluding carboxylic acids is 1. The van der Waals surface area contributed by atoms with Crippen LogP contribution in [0.15, 0.2) is 30.6 Å². The summed E-state index contributed by atoms with van der Waals surface area (Å²) in [6, 6.07) is 5.83. The standard InChI is InChI=1S/C16H17N5O2/c1-20-14(16(22)21-4-6-23-7-5-21)8-11-2-3-13(19-15(11)20)12-9-17-18-10-12/h2-3,8-10H,4-7H2,1H3,(H,17,18). The van der Waals surface area contributed by atoms with Crippen LogP contribution in [0.2, 0.25) is 0 Å². The summed E-state index contributed by atoms with van der Waals surface area (Å²) in [5.74, 6) is 0.0265. The van der Waals surface area contributed by atoms with Crippen LogP contribution in [-0.2, 0) is 11.8 Å². The van der Waals surface area contributed by atoms with Crippen molar-refractivity contribution >= 4 is 16.9 Å². The molecule has 1 fully saturated rings. The number of nitrogens with zero attached hydrogens (tertiary/aromatic N) is 4. The molecule has 4 rings (SSSR count). The number of carbonyl (C=O) groups is 1. The van der Waals surface area contributed by atoms with E-state index in [1.54, 1.807) is 12.4 Å². The summed E-state index contributed by atoms with van der Waals surface area (Å²) in [6.45, 7) is 2.46. The summed E-state index contributed by atoms with van der Waals surface area (Å²) in [5, 5.41) is 7.69. The molecule has 1 N–H and O–H groups in total. The summed E-state index contributed by atoms with van der Waals surface area (Å²) in [6.07, 6.45) is 3.54. The second-order valence-corrected chi connectivity index (χ2v) is 5.59. The molecule has 3 aromatic rings. The lowest BCUT2D eigenvalue weighted by atomic mass is 10.2. The van der Waals surface area contributed by atoms with E-state index in [2.05, 4.69) is 15.2 Å². The van der Waals surface area contributed by atoms with Gasteiger partial charge in [0.05, 0.1) is 25.1 Å². The Morgan fingerprint density at radius 2 is 2.13 bits per heavy atom. The Kier molecular flexibility index (Phi) is 3.34. The molecule has 0 atom stereocenters. The van der Waals surface area contributed by atoms with E-state index < -0.39 is 0 Å². The number of fused-ring (bicyclic) bond motifs is 1. The van der Waals surface area contributed by atoms with Crippen LogP contribution in [0, 0.1) is 0 Å². The first-order valence-corrected chi connectivity index (χ1v) is 7.57. The fourth-order valence-electron chi connectivity index (χ4n) is 2.88.